The van der Waals surface area contributed by atoms with Crippen molar-refractivity contribution in [1.29, 1.82) is 0 Å². The second-order valence-corrected chi connectivity index (χ2v) is 6.50. The Morgan fingerprint density at radius 2 is 1.96 bits per heavy atom. The van der Waals surface area contributed by atoms with Crippen LogP contribution in [0.15, 0.2) is 41.5 Å². The van der Waals surface area contributed by atoms with Crippen molar-refractivity contribution in [2.45, 2.75) is 26.9 Å². The first-order valence-electron chi connectivity index (χ1n) is 7.91. The molecule has 1 aromatic carbocycles. The van der Waals surface area contributed by atoms with Gasteiger partial charge in [-0.05, 0) is 19.4 Å². The van der Waals surface area contributed by atoms with E-state index in [1.165, 1.54) is 4.88 Å². The second-order valence-electron chi connectivity index (χ2n) is 5.18. The standard InChI is InChI=1S/C17H23N5OS/c1-3-18-17(22-12-16-20-9-13(2)24-16)21-11-15(23)19-10-14-7-5-4-6-8-14/h4-9H,3,10-12H2,1-2H3,(H,19,23)(H2,18,21,22). The van der Waals surface area contributed by atoms with Crippen molar-refractivity contribution in [3.63, 3.8) is 0 Å². The van der Waals surface area contributed by atoms with Crippen molar-refractivity contribution in [1.82, 2.24) is 20.9 Å². The van der Waals surface area contributed by atoms with Gasteiger partial charge in [0.15, 0.2) is 5.96 Å². The summed E-state index contributed by atoms with van der Waals surface area (Å²) in [6.07, 6.45) is 1.85. The number of guanidine groups is 1. The predicted molar refractivity (Wildman–Crippen MR) is 98.0 cm³/mol. The highest BCUT2D eigenvalue weighted by molar-refractivity contribution is 7.11. The molecule has 6 nitrogen and oxygen atoms in total. The fraction of sp³-hybridized carbons (Fsp3) is 0.353. The number of thiazole rings is 1. The molecule has 0 atom stereocenters. The zero-order valence-electron chi connectivity index (χ0n) is 14.0. The number of carbonyl (C=O) groups excluding carboxylic acids is 1. The number of hydrogen-bond donors (Lipinski definition) is 3. The first kappa shape index (κ1) is 17.9. The van der Waals surface area contributed by atoms with E-state index >= 15 is 0 Å². The molecule has 0 saturated heterocycles. The Kier molecular flexibility index (Phi) is 7.22. The Morgan fingerprint density at radius 1 is 1.17 bits per heavy atom. The summed E-state index contributed by atoms with van der Waals surface area (Å²) < 4.78 is 0. The summed E-state index contributed by atoms with van der Waals surface area (Å²) in [5.74, 6) is 0.501. The van der Waals surface area contributed by atoms with Crippen LogP contribution in [0.25, 0.3) is 0 Å². The fourth-order valence-corrected chi connectivity index (χ4v) is 2.71. The molecule has 0 aliphatic carbocycles. The normalized spacial score (nSPS) is 11.2. The van der Waals surface area contributed by atoms with Crippen molar-refractivity contribution in [3.05, 3.63) is 52.0 Å². The second kappa shape index (κ2) is 9.67. The Morgan fingerprint density at radius 3 is 2.62 bits per heavy atom. The van der Waals surface area contributed by atoms with Gasteiger partial charge in [0.1, 0.15) is 11.6 Å². The van der Waals surface area contributed by atoms with Crippen molar-refractivity contribution in [2.75, 3.05) is 13.1 Å². The number of rotatable bonds is 7. The van der Waals surface area contributed by atoms with Gasteiger partial charge in [-0.25, -0.2) is 9.98 Å². The number of nitrogens with zero attached hydrogens (tertiary/aromatic N) is 2. The van der Waals surface area contributed by atoms with Crippen molar-refractivity contribution < 1.29 is 4.79 Å². The molecule has 24 heavy (non-hydrogen) atoms. The third-order valence-electron chi connectivity index (χ3n) is 3.13. The van der Waals surface area contributed by atoms with Crippen LogP contribution in [-0.2, 0) is 17.9 Å². The van der Waals surface area contributed by atoms with E-state index in [9.17, 15) is 4.79 Å². The largest absolute Gasteiger partial charge is 0.357 e. The minimum Gasteiger partial charge on any atom is -0.357 e. The van der Waals surface area contributed by atoms with Gasteiger partial charge in [0.25, 0.3) is 0 Å². The third kappa shape index (κ3) is 6.37. The third-order valence-corrected chi connectivity index (χ3v) is 4.05. The van der Waals surface area contributed by atoms with Gasteiger partial charge >= 0.3 is 0 Å². The molecule has 0 aliphatic rings. The summed E-state index contributed by atoms with van der Waals surface area (Å²) in [5.41, 5.74) is 1.07. The molecule has 2 aromatic rings. The van der Waals surface area contributed by atoms with Crippen molar-refractivity contribution in [3.8, 4) is 0 Å². The van der Waals surface area contributed by atoms with Crippen LogP contribution in [0.4, 0.5) is 0 Å². The fourth-order valence-electron chi connectivity index (χ4n) is 1.99. The molecule has 0 radical (unpaired) electrons. The van der Waals surface area contributed by atoms with Gasteiger partial charge in [0.05, 0.1) is 6.54 Å². The zero-order chi connectivity index (χ0) is 17.2. The maximum absolute atomic E-state index is 11.9. The molecule has 0 saturated carbocycles. The molecular weight excluding hydrogens is 322 g/mol. The molecule has 0 fully saturated rings. The molecule has 1 aromatic heterocycles. The van der Waals surface area contributed by atoms with E-state index in [-0.39, 0.29) is 12.5 Å². The Balaban J connectivity index is 1.79. The average Bonchev–Trinajstić information content (AvgIpc) is 3.02. The van der Waals surface area contributed by atoms with E-state index in [1.807, 2.05) is 50.4 Å². The van der Waals surface area contributed by atoms with Crippen molar-refractivity contribution in [2.24, 2.45) is 4.99 Å². The zero-order valence-corrected chi connectivity index (χ0v) is 14.8. The number of hydrogen-bond acceptors (Lipinski definition) is 4. The van der Waals surface area contributed by atoms with Gasteiger partial charge < -0.3 is 16.0 Å². The summed E-state index contributed by atoms with van der Waals surface area (Å²) >= 11 is 1.64. The number of aromatic nitrogens is 1. The van der Waals surface area contributed by atoms with E-state index in [4.69, 9.17) is 0 Å². The van der Waals surface area contributed by atoms with E-state index in [0.29, 0.717) is 19.0 Å². The minimum atomic E-state index is -0.110. The monoisotopic (exact) mass is 345 g/mol. The molecule has 3 N–H and O–H groups in total. The van der Waals surface area contributed by atoms with E-state index < -0.39 is 0 Å². The lowest BCUT2D eigenvalue weighted by Gasteiger charge is -2.10. The van der Waals surface area contributed by atoms with Crippen LogP contribution >= 0.6 is 11.3 Å². The van der Waals surface area contributed by atoms with E-state index in [1.54, 1.807) is 11.3 Å². The number of nitrogens with one attached hydrogen (secondary N) is 3. The molecule has 1 heterocycles. The lowest BCUT2D eigenvalue weighted by molar-refractivity contribution is -0.119. The molecule has 7 heteroatoms. The highest BCUT2D eigenvalue weighted by atomic mass is 32.1. The minimum absolute atomic E-state index is 0.0824. The lowest BCUT2D eigenvalue weighted by atomic mass is 10.2. The maximum Gasteiger partial charge on any atom is 0.242 e. The molecule has 0 spiro atoms. The molecule has 128 valence electrons. The summed E-state index contributed by atoms with van der Waals surface area (Å²) in [7, 11) is 0. The highest BCUT2D eigenvalue weighted by Crippen LogP contribution is 2.10. The Hall–Kier alpha value is -2.41. The van der Waals surface area contributed by atoms with Gasteiger partial charge in [-0.15, -0.1) is 11.3 Å². The number of aryl methyl sites for hydroxylation is 1. The summed E-state index contributed by atoms with van der Waals surface area (Å²) in [6, 6.07) is 9.81. The molecular formula is C17H23N5OS. The first-order chi connectivity index (χ1) is 11.7. The van der Waals surface area contributed by atoms with Crippen LogP contribution in [0, 0.1) is 6.92 Å². The summed E-state index contributed by atoms with van der Waals surface area (Å²) in [5, 5.41) is 10.2. The van der Waals surface area contributed by atoms with Crippen LogP contribution in [0.2, 0.25) is 0 Å². The SMILES string of the molecule is CCNC(=NCC(=O)NCc1ccccc1)NCc1ncc(C)s1. The molecule has 0 unspecified atom stereocenters. The van der Waals surface area contributed by atoms with Gasteiger partial charge in [-0.3, -0.25) is 4.79 Å². The smallest absolute Gasteiger partial charge is 0.242 e. The van der Waals surface area contributed by atoms with Gasteiger partial charge in [0, 0.05) is 24.2 Å². The van der Waals surface area contributed by atoms with Gasteiger partial charge in [-0.2, -0.15) is 0 Å². The number of carbonyl (C=O) groups is 1. The maximum atomic E-state index is 11.9. The van der Waals surface area contributed by atoms with Gasteiger partial charge in [0.2, 0.25) is 5.91 Å². The summed E-state index contributed by atoms with van der Waals surface area (Å²) in [6.45, 7) is 5.93. The van der Waals surface area contributed by atoms with Crippen LogP contribution in [0.3, 0.4) is 0 Å². The Bertz CT molecular complexity index is 669. The van der Waals surface area contributed by atoms with E-state index in [0.717, 1.165) is 17.1 Å². The van der Waals surface area contributed by atoms with Crippen LogP contribution in [0.1, 0.15) is 22.4 Å². The number of aliphatic imine (C=N–C) groups is 1. The van der Waals surface area contributed by atoms with Gasteiger partial charge in [-0.1, -0.05) is 30.3 Å². The predicted octanol–water partition coefficient (Wildman–Crippen LogP) is 1.82. The lowest BCUT2D eigenvalue weighted by Crippen LogP contribution is -2.38. The topological polar surface area (TPSA) is 78.4 Å². The van der Waals surface area contributed by atoms with E-state index in [2.05, 4.69) is 25.9 Å². The van der Waals surface area contributed by atoms with Crippen LogP contribution in [0.5, 0.6) is 0 Å². The molecule has 1 amide bonds. The van der Waals surface area contributed by atoms with Crippen molar-refractivity contribution >= 4 is 23.2 Å². The van der Waals surface area contributed by atoms with Crippen LogP contribution in [-0.4, -0.2) is 29.9 Å². The molecule has 0 aliphatic heterocycles. The number of benzene rings is 1. The summed E-state index contributed by atoms with van der Waals surface area (Å²) in [4.78, 5) is 21.7. The molecule has 2 rings (SSSR count). The average molecular weight is 345 g/mol. The highest BCUT2D eigenvalue weighted by Gasteiger charge is 2.04. The van der Waals surface area contributed by atoms with Crippen LogP contribution < -0.4 is 16.0 Å². The molecule has 0 bridgehead atoms. The Labute approximate surface area is 146 Å². The number of amides is 1. The quantitative estimate of drug-likeness (QED) is 0.528. The first-order valence-corrected chi connectivity index (χ1v) is 8.73.